The zero-order chi connectivity index (χ0) is 9.40. The lowest BCUT2D eigenvalue weighted by Crippen LogP contribution is -2.28. The van der Waals surface area contributed by atoms with Crippen LogP contribution >= 0.6 is 0 Å². The second-order valence-electron chi connectivity index (χ2n) is 2.46. The van der Waals surface area contributed by atoms with Crippen molar-refractivity contribution < 1.29 is 9.53 Å². The first-order valence-corrected chi connectivity index (χ1v) is 3.95. The Morgan fingerprint density at radius 2 is 2.33 bits per heavy atom. The first-order valence-electron chi connectivity index (χ1n) is 3.95. The van der Waals surface area contributed by atoms with E-state index in [0.717, 1.165) is 12.8 Å². The molecule has 0 aromatic heterocycles. The Morgan fingerprint density at radius 3 is 2.75 bits per heavy atom. The van der Waals surface area contributed by atoms with Gasteiger partial charge >= 0.3 is 5.97 Å². The summed E-state index contributed by atoms with van der Waals surface area (Å²) in [6, 6.07) is 0. The Morgan fingerprint density at radius 1 is 1.67 bits per heavy atom. The Hall–Kier alpha value is -1.13. The van der Waals surface area contributed by atoms with Crippen LogP contribution in [0.25, 0.3) is 0 Å². The van der Waals surface area contributed by atoms with Gasteiger partial charge in [0.2, 0.25) is 0 Å². The number of rotatable bonds is 6. The normalized spacial score (nSPS) is 11.8. The van der Waals surface area contributed by atoms with Crippen molar-refractivity contribution in [1.82, 2.24) is 5.43 Å². The molecule has 0 aromatic carbocycles. The highest BCUT2D eigenvalue weighted by Gasteiger charge is 2.09. The number of unbranched alkanes of at least 4 members (excludes halogenated alkanes) is 1. The van der Waals surface area contributed by atoms with Gasteiger partial charge in [-0.05, 0) is 6.42 Å². The molecule has 5 heteroatoms. The third-order valence-corrected chi connectivity index (χ3v) is 1.32. The number of ether oxygens (including phenoxy) is 1. The van der Waals surface area contributed by atoms with Gasteiger partial charge < -0.3 is 4.74 Å². The summed E-state index contributed by atoms with van der Waals surface area (Å²) >= 11 is 0. The topological polar surface area (TPSA) is 67.8 Å². The number of carbonyl (C=O) groups is 1. The second-order valence-corrected chi connectivity index (χ2v) is 2.46. The van der Waals surface area contributed by atoms with E-state index in [2.05, 4.69) is 10.7 Å². The first kappa shape index (κ1) is 10.9. The molecule has 1 atom stereocenters. The summed E-state index contributed by atoms with van der Waals surface area (Å²) in [6.45, 7) is 3.31. The Kier molecular flexibility index (Phi) is 5.95. The van der Waals surface area contributed by atoms with E-state index in [-0.39, 0.29) is 0 Å². The highest BCUT2D eigenvalue weighted by molar-refractivity contribution is 5.66. The predicted molar refractivity (Wildman–Crippen MR) is 44.0 cm³/mol. The van der Waals surface area contributed by atoms with E-state index in [1.165, 1.54) is 6.92 Å². The fourth-order valence-corrected chi connectivity index (χ4v) is 0.798. The summed E-state index contributed by atoms with van der Waals surface area (Å²) in [6.07, 6.45) is 1.92. The van der Waals surface area contributed by atoms with Crippen molar-refractivity contribution in [3.63, 3.8) is 0 Å². The molecule has 0 aromatic rings. The average Bonchev–Trinajstić information content (AvgIpc) is 2.00. The van der Waals surface area contributed by atoms with Crippen LogP contribution in [0.4, 0.5) is 0 Å². The van der Waals surface area contributed by atoms with Gasteiger partial charge in [-0.25, -0.2) is 5.43 Å². The minimum absolute atomic E-state index is 0.410. The van der Waals surface area contributed by atoms with Gasteiger partial charge in [-0.3, -0.25) is 4.79 Å². The Bertz CT molecular complexity index is 150. The molecule has 0 heterocycles. The van der Waals surface area contributed by atoms with Gasteiger partial charge in [-0.1, -0.05) is 13.3 Å². The van der Waals surface area contributed by atoms with Crippen molar-refractivity contribution in [2.24, 2.45) is 5.29 Å². The summed E-state index contributed by atoms with van der Waals surface area (Å²) in [4.78, 5) is 20.3. The third kappa shape index (κ3) is 5.64. The lowest BCUT2D eigenvalue weighted by Gasteiger charge is -2.13. The van der Waals surface area contributed by atoms with Crippen LogP contribution < -0.4 is 5.43 Å². The number of esters is 1. The molecule has 0 spiro atoms. The van der Waals surface area contributed by atoms with Crippen molar-refractivity contribution in [3.05, 3.63) is 4.91 Å². The number of nitroso groups, excluding NO2 is 1. The van der Waals surface area contributed by atoms with E-state index >= 15 is 0 Å². The molecule has 1 unspecified atom stereocenters. The molecular formula is C7H14N2O3. The molecule has 0 aliphatic heterocycles. The van der Waals surface area contributed by atoms with E-state index in [1.54, 1.807) is 0 Å². The van der Waals surface area contributed by atoms with E-state index in [9.17, 15) is 9.70 Å². The molecule has 5 nitrogen and oxygen atoms in total. The number of nitrogens with zero attached hydrogens (tertiary/aromatic N) is 1. The summed E-state index contributed by atoms with van der Waals surface area (Å²) in [5, 5.41) is 2.46. The minimum atomic E-state index is -0.569. The maximum absolute atomic E-state index is 10.5. The van der Waals surface area contributed by atoms with Crippen LogP contribution in [0.2, 0.25) is 0 Å². The summed E-state index contributed by atoms with van der Waals surface area (Å²) in [7, 11) is 0. The third-order valence-electron chi connectivity index (χ3n) is 1.32. The van der Waals surface area contributed by atoms with Gasteiger partial charge in [0.1, 0.15) is 0 Å². The Labute approximate surface area is 71.4 Å². The van der Waals surface area contributed by atoms with Gasteiger partial charge in [-0.15, -0.1) is 4.91 Å². The number of nitrogens with one attached hydrogen (secondary N) is 1. The van der Waals surface area contributed by atoms with E-state index in [0.29, 0.717) is 6.42 Å². The van der Waals surface area contributed by atoms with Crippen molar-refractivity contribution in [3.8, 4) is 0 Å². The predicted octanol–water partition coefficient (Wildman–Crippen LogP) is 1.34. The monoisotopic (exact) mass is 174 g/mol. The van der Waals surface area contributed by atoms with Gasteiger partial charge in [-0.2, -0.15) is 0 Å². The molecule has 1 N–H and O–H groups in total. The SMILES string of the molecule is CCCCC(NN=O)OC(C)=O. The number of hydrogen-bond donors (Lipinski definition) is 1. The van der Waals surface area contributed by atoms with Gasteiger partial charge in [0, 0.05) is 13.3 Å². The highest BCUT2D eigenvalue weighted by atomic mass is 16.6. The fraction of sp³-hybridized carbons (Fsp3) is 0.857. The molecule has 0 saturated carbocycles. The quantitative estimate of drug-likeness (QED) is 0.285. The van der Waals surface area contributed by atoms with E-state index in [4.69, 9.17) is 4.74 Å². The molecule has 0 bridgehead atoms. The zero-order valence-electron chi connectivity index (χ0n) is 7.37. The molecule has 0 fully saturated rings. The van der Waals surface area contributed by atoms with E-state index < -0.39 is 12.2 Å². The van der Waals surface area contributed by atoms with E-state index in [1.807, 2.05) is 6.92 Å². The van der Waals surface area contributed by atoms with Crippen LogP contribution in [0, 0.1) is 4.91 Å². The lowest BCUT2D eigenvalue weighted by atomic mass is 10.2. The lowest BCUT2D eigenvalue weighted by molar-refractivity contribution is -0.148. The highest BCUT2D eigenvalue weighted by Crippen LogP contribution is 2.02. The van der Waals surface area contributed by atoms with Crippen molar-refractivity contribution in [2.75, 3.05) is 0 Å². The van der Waals surface area contributed by atoms with Crippen molar-refractivity contribution >= 4 is 5.97 Å². The molecule has 0 saturated heterocycles. The summed E-state index contributed by atoms with van der Waals surface area (Å²) in [5.74, 6) is -0.410. The maximum Gasteiger partial charge on any atom is 0.304 e. The molecule has 70 valence electrons. The number of hydrogen-bond acceptors (Lipinski definition) is 4. The molecule has 0 aliphatic rings. The first-order chi connectivity index (χ1) is 5.70. The maximum atomic E-state index is 10.5. The minimum Gasteiger partial charge on any atom is -0.440 e. The molecule has 12 heavy (non-hydrogen) atoms. The molecule has 0 amide bonds. The molecule has 0 radical (unpaired) electrons. The largest absolute Gasteiger partial charge is 0.440 e. The van der Waals surface area contributed by atoms with Crippen LogP contribution in [-0.4, -0.2) is 12.2 Å². The summed E-state index contributed by atoms with van der Waals surface area (Å²) < 4.78 is 4.75. The second kappa shape index (κ2) is 6.57. The fourth-order valence-electron chi connectivity index (χ4n) is 0.798. The molecular weight excluding hydrogens is 160 g/mol. The van der Waals surface area contributed by atoms with Gasteiger partial charge in [0.05, 0.1) is 5.29 Å². The Balaban J connectivity index is 3.68. The van der Waals surface area contributed by atoms with Crippen LogP contribution in [-0.2, 0) is 9.53 Å². The van der Waals surface area contributed by atoms with Crippen LogP contribution in [0.3, 0.4) is 0 Å². The van der Waals surface area contributed by atoms with Crippen LogP contribution in [0.1, 0.15) is 33.1 Å². The summed E-state index contributed by atoms with van der Waals surface area (Å²) in [5.41, 5.74) is 2.18. The molecule has 0 rings (SSSR count). The van der Waals surface area contributed by atoms with Crippen LogP contribution in [0.15, 0.2) is 5.29 Å². The number of carbonyl (C=O) groups excluding carboxylic acids is 1. The average molecular weight is 174 g/mol. The van der Waals surface area contributed by atoms with Gasteiger partial charge in [0.25, 0.3) is 0 Å². The van der Waals surface area contributed by atoms with Gasteiger partial charge in [0.15, 0.2) is 6.23 Å². The smallest absolute Gasteiger partial charge is 0.304 e. The van der Waals surface area contributed by atoms with Crippen molar-refractivity contribution in [2.45, 2.75) is 39.3 Å². The molecule has 0 aliphatic carbocycles. The standard InChI is InChI=1S/C7H14N2O3/c1-3-4-5-7(8-9-11)12-6(2)10/h7H,3-5H2,1-2H3,(H,8,11). The zero-order valence-corrected chi connectivity index (χ0v) is 7.37. The van der Waals surface area contributed by atoms with Crippen molar-refractivity contribution in [1.29, 1.82) is 0 Å². The van der Waals surface area contributed by atoms with Crippen LogP contribution in [0.5, 0.6) is 0 Å².